The molecule has 104 valence electrons. The number of Topliss-reactive ketones (excluding diaryl/α,β-unsaturated/α-hetero) is 1. The highest BCUT2D eigenvalue weighted by Gasteiger charge is 2.41. The molecule has 1 saturated carbocycles. The van der Waals surface area contributed by atoms with Crippen molar-refractivity contribution in [2.75, 3.05) is 7.11 Å². The Balaban J connectivity index is 2.40. The van der Waals surface area contributed by atoms with E-state index in [9.17, 15) is 13.6 Å². The first kappa shape index (κ1) is 14.1. The molecule has 0 atom stereocenters. The predicted octanol–water partition coefficient (Wildman–Crippen LogP) is 3.89. The third-order valence-corrected chi connectivity index (χ3v) is 3.91. The van der Waals surface area contributed by atoms with E-state index in [4.69, 9.17) is 4.74 Å². The van der Waals surface area contributed by atoms with Gasteiger partial charge in [-0.05, 0) is 25.0 Å². The van der Waals surface area contributed by atoms with Gasteiger partial charge in [-0.15, -0.1) is 0 Å². The summed E-state index contributed by atoms with van der Waals surface area (Å²) < 4.78 is 32.9. The van der Waals surface area contributed by atoms with Crippen molar-refractivity contribution < 1.29 is 18.3 Å². The van der Waals surface area contributed by atoms with Crippen molar-refractivity contribution in [2.45, 2.75) is 44.1 Å². The average Bonchev–Trinajstić information content (AvgIpc) is 2.64. The second kappa shape index (κ2) is 5.78. The number of methoxy groups -OCH3 is 1. The molecular weight excluding hydrogens is 250 g/mol. The van der Waals surface area contributed by atoms with E-state index < -0.39 is 28.6 Å². The van der Waals surface area contributed by atoms with Gasteiger partial charge in [-0.2, -0.15) is 0 Å². The number of ether oxygens (including phenoxy) is 1. The van der Waals surface area contributed by atoms with E-state index in [0.29, 0.717) is 12.8 Å². The van der Waals surface area contributed by atoms with Gasteiger partial charge in [0.05, 0.1) is 5.56 Å². The highest BCUT2D eigenvalue weighted by Crippen LogP contribution is 2.34. The standard InChI is InChI=1S/C15H18F2O2/c1-19-15(9-4-2-3-5-10-15)14(18)13-11(16)7-6-8-12(13)17/h6-8H,2-5,9-10H2,1H3. The zero-order chi connectivity index (χ0) is 13.9. The third kappa shape index (κ3) is 2.68. The number of hydrogen-bond donors (Lipinski definition) is 0. The number of rotatable bonds is 3. The molecular formula is C15H18F2O2. The molecule has 2 rings (SSSR count). The maximum Gasteiger partial charge on any atom is 0.200 e. The van der Waals surface area contributed by atoms with Crippen LogP contribution in [0.5, 0.6) is 0 Å². The van der Waals surface area contributed by atoms with Crippen LogP contribution < -0.4 is 0 Å². The van der Waals surface area contributed by atoms with Gasteiger partial charge in [-0.3, -0.25) is 4.79 Å². The van der Waals surface area contributed by atoms with E-state index in [2.05, 4.69) is 0 Å². The van der Waals surface area contributed by atoms with E-state index in [-0.39, 0.29) is 0 Å². The Morgan fingerprint density at radius 3 is 2.11 bits per heavy atom. The minimum Gasteiger partial charge on any atom is -0.370 e. The van der Waals surface area contributed by atoms with Gasteiger partial charge in [-0.25, -0.2) is 8.78 Å². The van der Waals surface area contributed by atoms with Crippen LogP contribution >= 0.6 is 0 Å². The zero-order valence-corrected chi connectivity index (χ0v) is 11.0. The molecule has 0 saturated heterocycles. The second-order valence-corrected chi connectivity index (χ2v) is 5.04. The molecule has 0 bridgehead atoms. The average molecular weight is 268 g/mol. The summed E-state index contributed by atoms with van der Waals surface area (Å²) in [5.41, 5.74) is -1.54. The Morgan fingerprint density at radius 1 is 1.11 bits per heavy atom. The Morgan fingerprint density at radius 2 is 1.63 bits per heavy atom. The van der Waals surface area contributed by atoms with E-state index in [1.807, 2.05) is 0 Å². The highest BCUT2D eigenvalue weighted by molar-refractivity contribution is 6.03. The Hall–Kier alpha value is -1.29. The van der Waals surface area contributed by atoms with Crippen LogP contribution in [-0.4, -0.2) is 18.5 Å². The minimum absolute atomic E-state index is 0.466. The maximum atomic E-state index is 13.7. The topological polar surface area (TPSA) is 26.3 Å². The van der Waals surface area contributed by atoms with Crippen LogP contribution in [0.25, 0.3) is 0 Å². The fourth-order valence-electron chi connectivity index (χ4n) is 2.77. The van der Waals surface area contributed by atoms with Crippen LogP contribution in [-0.2, 0) is 4.74 Å². The normalized spacial score (nSPS) is 18.9. The molecule has 1 aliphatic carbocycles. The van der Waals surface area contributed by atoms with Crippen molar-refractivity contribution in [3.8, 4) is 0 Å². The quantitative estimate of drug-likeness (QED) is 0.614. The summed E-state index contributed by atoms with van der Waals surface area (Å²) in [4.78, 5) is 12.5. The molecule has 0 aromatic heterocycles. The van der Waals surface area contributed by atoms with Crippen molar-refractivity contribution in [3.05, 3.63) is 35.4 Å². The van der Waals surface area contributed by atoms with Crippen LogP contribution in [0.3, 0.4) is 0 Å². The summed E-state index contributed by atoms with van der Waals surface area (Å²) in [7, 11) is 1.45. The lowest BCUT2D eigenvalue weighted by Crippen LogP contribution is -2.41. The summed E-state index contributed by atoms with van der Waals surface area (Å²) in [6, 6.07) is 3.47. The molecule has 2 nitrogen and oxygen atoms in total. The summed E-state index contributed by atoms with van der Waals surface area (Å²) >= 11 is 0. The van der Waals surface area contributed by atoms with Crippen LogP contribution in [0.1, 0.15) is 48.9 Å². The molecule has 1 aliphatic rings. The van der Waals surface area contributed by atoms with E-state index in [1.165, 1.54) is 13.2 Å². The van der Waals surface area contributed by atoms with Gasteiger partial charge in [0.15, 0.2) is 0 Å². The summed E-state index contributed by atoms with van der Waals surface area (Å²) in [5, 5.41) is 0. The third-order valence-electron chi connectivity index (χ3n) is 3.91. The second-order valence-electron chi connectivity index (χ2n) is 5.04. The molecule has 19 heavy (non-hydrogen) atoms. The number of carbonyl (C=O) groups is 1. The fraction of sp³-hybridized carbons (Fsp3) is 0.533. The van der Waals surface area contributed by atoms with Crippen LogP contribution in [0, 0.1) is 11.6 Å². The van der Waals surface area contributed by atoms with Gasteiger partial charge in [0.1, 0.15) is 17.2 Å². The minimum atomic E-state index is -1.07. The molecule has 0 amide bonds. The molecule has 0 aliphatic heterocycles. The van der Waals surface area contributed by atoms with Gasteiger partial charge in [0.25, 0.3) is 0 Å². The van der Waals surface area contributed by atoms with Gasteiger partial charge < -0.3 is 4.74 Å². The highest BCUT2D eigenvalue weighted by atomic mass is 19.1. The number of hydrogen-bond acceptors (Lipinski definition) is 2. The van der Waals surface area contributed by atoms with Crippen LogP contribution in [0.4, 0.5) is 8.78 Å². The largest absolute Gasteiger partial charge is 0.370 e. The van der Waals surface area contributed by atoms with Gasteiger partial charge >= 0.3 is 0 Å². The predicted molar refractivity (Wildman–Crippen MR) is 68.1 cm³/mol. The molecule has 0 unspecified atom stereocenters. The number of halogens is 2. The first-order valence-corrected chi connectivity index (χ1v) is 6.65. The van der Waals surface area contributed by atoms with Crippen LogP contribution in [0.2, 0.25) is 0 Å². The SMILES string of the molecule is COC1(C(=O)c2c(F)cccc2F)CCCCCC1. The molecule has 4 heteroatoms. The van der Waals surface area contributed by atoms with Crippen LogP contribution in [0.15, 0.2) is 18.2 Å². The molecule has 0 heterocycles. The molecule has 0 radical (unpaired) electrons. The van der Waals surface area contributed by atoms with Crippen molar-refractivity contribution in [1.29, 1.82) is 0 Å². The summed E-state index contributed by atoms with van der Waals surface area (Å²) in [6.45, 7) is 0. The number of ketones is 1. The smallest absolute Gasteiger partial charge is 0.200 e. The molecule has 0 N–H and O–H groups in total. The van der Waals surface area contributed by atoms with E-state index >= 15 is 0 Å². The maximum absolute atomic E-state index is 13.7. The fourth-order valence-corrected chi connectivity index (χ4v) is 2.77. The Bertz CT molecular complexity index is 443. The number of carbonyl (C=O) groups excluding carboxylic acids is 1. The summed E-state index contributed by atoms with van der Waals surface area (Å²) in [6.07, 6.45) is 4.79. The Kier molecular flexibility index (Phi) is 4.30. The zero-order valence-electron chi connectivity index (χ0n) is 11.0. The van der Waals surface area contributed by atoms with Gasteiger partial charge in [-0.1, -0.05) is 31.7 Å². The molecule has 1 aromatic rings. The monoisotopic (exact) mass is 268 g/mol. The van der Waals surface area contributed by atoms with Crippen molar-refractivity contribution in [3.63, 3.8) is 0 Å². The van der Waals surface area contributed by atoms with Gasteiger partial charge in [0, 0.05) is 7.11 Å². The summed E-state index contributed by atoms with van der Waals surface area (Å²) in [5.74, 6) is -2.19. The van der Waals surface area contributed by atoms with E-state index in [0.717, 1.165) is 37.8 Å². The first-order valence-electron chi connectivity index (χ1n) is 6.65. The molecule has 0 spiro atoms. The molecule has 1 aromatic carbocycles. The number of benzene rings is 1. The van der Waals surface area contributed by atoms with Crippen molar-refractivity contribution in [1.82, 2.24) is 0 Å². The molecule has 1 fully saturated rings. The lowest BCUT2D eigenvalue weighted by atomic mass is 9.85. The first-order chi connectivity index (χ1) is 9.10. The van der Waals surface area contributed by atoms with Crippen molar-refractivity contribution >= 4 is 5.78 Å². The lowest BCUT2D eigenvalue weighted by Gasteiger charge is -2.30. The Labute approximate surface area is 111 Å². The lowest BCUT2D eigenvalue weighted by molar-refractivity contribution is -0.00755. The van der Waals surface area contributed by atoms with Gasteiger partial charge in [0.2, 0.25) is 5.78 Å². The van der Waals surface area contributed by atoms with E-state index in [1.54, 1.807) is 0 Å². The van der Waals surface area contributed by atoms with Crippen molar-refractivity contribution in [2.24, 2.45) is 0 Å².